The first kappa shape index (κ1) is 10.1. The second-order valence-corrected chi connectivity index (χ2v) is 4.88. The monoisotopic (exact) mass is 211 g/mol. The Balaban J connectivity index is 1.64. The van der Waals surface area contributed by atoms with Gasteiger partial charge in [-0.15, -0.1) is 0 Å². The van der Waals surface area contributed by atoms with E-state index in [4.69, 9.17) is 0 Å². The summed E-state index contributed by atoms with van der Waals surface area (Å²) in [4.78, 5) is 0. The number of hydrogen-bond acceptors (Lipinski definition) is 3. The summed E-state index contributed by atoms with van der Waals surface area (Å²) in [6.45, 7) is 2.02. The molecular formula is C11H17NOS. The molecule has 0 aliphatic heterocycles. The van der Waals surface area contributed by atoms with Crippen LogP contribution in [0, 0.1) is 5.92 Å². The standard InChI is InChI=1S/C11H17NOS/c13-11-2-1-9(5-11)6-12-7-10-3-4-14-8-10/h3-4,8-9,11-13H,1-2,5-7H2. The van der Waals surface area contributed by atoms with Gasteiger partial charge < -0.3 is 10.4 Å². The number of thiophene rings is 1. The van der Waals surface area contributed by atoms with Gasteiger partial charge in [0.15, 0.2) is 0 Å². The van der Waals surface area contributed by atoms with Crippen LogP contribution in [0.2, 0.25) is 0 Å². The van der Waals surface area contributed by atoms with Crippen LogP contribution in [-0.2, 0) is 6.54 Å². The van der Waals surface area contributed by atoms with E-state index in [9.17, 15) is 5.11 Å². The molecule has 2 unspecified atom stereocenters. The molecule has 1 saturated carbocycles. The van der Waals surface area contributed by atoms with Gasteiger partial charge in [-0.3, -0.25) is 0 Å². The minimum absolute atomic E-state index is 0.0389. The zero-order valence-electron chi connectivity index (χ0n) is 8.28. The molecule has 0 radical (unpaired) electrons. The van der Waals surface area contributed by atoms with E-state index in [0.29, 0.717) is 5.92 Å². The van der Waals surface area contributed by atoms with Crippen LogP contribution in [0.4, 0.5) is 0 Å². The molecule has 78 valence electrons. The van der Waals surface area contributed by atoms with Crippen molar-refractivity contribution in [2.45, 2.75) is 31.9 Å². The molecule has 2 nitrogen and oxygen atoms in total. The molecule has 1 aromatic rings. The van der Waals surface area contributed by atoms with Crippen LogP contribution in [0.25, 0.3) is 0 Å². The molecule has 0 spiro atoms. The Morgan fingerprint density at radius 2 is 2.43 bits per heavy atom. The summed E-state index contributed by atoms with van der Waals surface area (Å²) in [7, 11) is 0. The van der Waals surface area contributed by atoms with Crippen molar-refractivity contribution in [2.75, 3.05) is 6.54 Å². The van der Waals surface area contributed by atoms with E-state index >= 15 is 0 Å². The smallest absolute Gasteiger partial charge is 0.0543 e. The third-order valence-corrected chi connectivity index (χ3v) is 3.59. The minimum Gasteiger partial charge on any atom is -0.393 e. The lowest BCUT2D eigenvalue weighted by molar-refractivity contribution is 0.177. The molecule has 1 heterocycles. The fourth-order valence-electron chi connectivity index (χ4n) is 2.05. The van der Waals surface area contributed by atoms with Gasteiger partial charge in [-0.25, -0.2) is 0 Å². The van der Waals surface area contributed by atoms with Crippen LogP contribution < -0.4 is 5.32 Å². The highest BCUT2D eigenvalue weighted by Gasteiger charge is 2.21. The SMILES string of the molecule is OC1CCC(CNCc2ccsc2)C1. The maximum Gasteiger partial charge on any atom is 0.0543 e. The van der Waals surface area contributed by atoms with Crippen molar-refractivity contribution >= 4 is 11.3 Å². The van der Waals surface area contributed by atoms with Crippen molar-refractivity contribution in [1.82, 2.24) is 5.32 Å². The van der Waals surface area contributed by atoms with Gasteiger partial charge in [0.1, 0.15) is 0 Å². The summed E-state index contributed by atoms with van der Waals surface area (Å²) in [5, 5.41) is 17.1. The Labute approximate surface area is 89.0 Å². The predicted octanol–water partition coefficient (Wildman–Crippen LogP) is 2.00. The topological polar surface area (TPSA) is 32.3 Å². The zero-order valence-corrected chi connectivity index (χ0v) is 9.09. The van der Waals surface area contributed by atoms with Crippen LogP contribution in [0.3, 0.4) is 0 Å². The van der Waals surface area contributed by atoms with E-state index in [1.807, 2.05) is 0 Å². The molecular weight excluding hydrogens is 194 g/mol. The summed E-state index contributed by atoms with van der Waals surface area (Å²) < 4.78 is 0. The number of hydrogen-bond donors (Lipinski definition) is 2. The maximum absolute atomic E-state index is 9.36. The first-order valence-corrected chi connectivity index (χ1v) is 6.18. The second-order valence-electron chi connectivity index (χ2n) is 4.10. The number of nitrogens with one attached hydrogen (secondary N) is 1. The maximum atomic E-state index is 9.36. The lowest BCUT2D eigenvalue weighted by Crippen LogP contribution is -2.21. The highest BCUT2D eigenvalue weighted by molar-refractivity contribution is 7.07. The third-order valence-electron chi connectivity index (χ3n) is 2.86. The molecule has 0 bridgehead atoms. The van der Waals surface area contributed by atoms with Crippen LogP contribution in [0.5, 0.6) is 0 Å². The molecule has 0 saturated heterocycles. The summed E-state index contributed by atoms with van der Waals surface area (Å²) in [6, 6.07) is 2.15. The van der Waals surface area contributed by atoms with Gasteiger partial charge in [0.25, 0.3) is 0 Å². The fourth-order valence-corrected chi connectivity index (χ4v) is 2.72. The average molecular weight is 211 g/mol. The van der Waals surface area contributed by atoms with E-state index in [0.717, 1.165) is 25.9 Å². The van der Waals surface area contributed by atoms with E-state index in [1.165, 1.54) is 12.0 Å². The molecule has 0 aromatic carbocycles. The Kier molecular flexibility index (Phi) is 3.56. The van der Waals surface area contributed by atoms with Crippen molar-refractivity contribution in [3.63, 3.8) is 0 Å². The number of aliphatic hydroxyl groups excluding tert-OH is 1. The average Bonchev–Trinajstić information content (AvgIpc) is 2.77. The Hall–Kier alpha value is -0.380. The van der Waals surface area contributed by atoms with Gasteiger partial charge in [0, 0.05) is 6.54 Å². The van der Waals surface area contributed by atoms with Crippen LogP contribution in [0.15, 0.2) is 16.8 Å². The molecule has 14 heavy (non-hydrogen) atoms. The Morgan fingerprint density at radius 1 is 1.50 bits per heavy atom. The molecule has 3 heteroatoms. The quantitative estimate of drug-likeness (QED) is 0.798. The Bertz CT molecular complexity index is 260. The van der Waals surface area contributed by atoms with Crippen molar-refractivity contribution in [3.05, 3.63) is 22.4 Å². The van der Waals surface area contributed by atoms with Crippen molar-refractivity contribution in [3.8, 4) is 0 Å². The molecule has 2 rings (SSSR count). The van der Waals surface area contributed by atoms with Gasteiger partial charge in [-0.1, -0.05) is 0 Å². The van der Waals surface area contributed by atoms with E-state index < -0.39 is 0 Å². The summed E-state index contributed by atoms with van der Waals surface area (Å²) >= 11 is 1.74. The molecule has 0 amide bonds. The highest BCUT2D eigenvalue weighted by atomic mass is 32.1. The first-order valence-electron chi connectivity index (χ1n) is 5.24. The minimum atomic E-state index is -0.0389. The van der Waals surface area contributed by atoms with E-state index in [1.54, 1.807) is 11.3 Å². The van der Waals surface area contributed by atoms with Crippen molar-refractivity contribution < 1.29 is 5.11 Å². The van der Waals surface area contributed by atoms with Gasteiger partial charge in [0.2, 0.25) is 0 Å². The fraction of sp³-hybridized carbons (Fsp3) is 0.636. The molecule has 1 fully saturated rings. The molecule has 1 aromatic heterocycles. The van der Waals surface area contributed by atoms with Crippen LogP contribution in [0.1, 0.15) is 24.8 Å². The normalized spacial score (nSPS) is 26.9. The first-order chi connectivity index (χ1) is 6.84. The molecule has 2 N–H and O–H groups in total. The summed E-state index contributed by atoms with van der Waals surface area (Å²) in [5.41, 5.74) is 1.37. The van der Waals surface area contributed by atoms with Gasteiger partial charge in [0.05, 0.1) is 6.10 Å². The lowest BCUT2D eigenvalue weighted by Gasteiger charge is -2.09. The molecule has 1 aliphatic carbocycles. The van der Waals surface area contributed by atoms with E-state index in [-0.39, 0.29) is 6.10 Å². The highest BCUT2D eigenvalue weighted by Crippen LogP contribution is 2.24. The van der Waals surface area contributed by atoms with Crippen LogP contribution >= 0.6 is 11.3 Å². The number of aliphatic hydroxyl groups is 1. The largest absolute Gasteiger partial charge is 0.393 e. The summed E-state index contributed by atoms with van der Waals surface area (Å²) in [6.07, 6.45) is 3.11. The number of rotatable bonds is 4. The summed E-state index contributed by atoms with van der Waals surface area (Å²) in [5.74, 6) is 0.684. The third kappa shape index (κ3) is 2.80. The van der Waals surface area contributed by atoms with Gasteiger partial charge in [-0.05, 0) is 54.1 Å². The molecule has 2 atom stereocenters. The molecule has 1 aliphatic rings. The Morgan fingerprint density at radius 3 is 3.07 bits per heavy atom. The lowest BCUT2D eigenvalue weighted by atomic mass is 10.1. The van der Waals surface area contributed by atoms with Gasteiger partial charge >= 0.3 is 0 Å². The van der Waals surface area contributed by atoms with Crippen LogP contribution in [-0.4, -0.2) is 17.8 Å². The van der Waals surface area contributed by atoms with E-state index in [2.05, 4.69) is 22.1 Å². The van der Waals surface area contributed by atoms with Crippen molar-refractivity contribution in [2.24, 2.45) is 5.92 Å². The zero-order chi connectivity index (χ0) is 9.80. The van der Waals surface area contributed by atoms with Crippen molar-refractivity contribution in [1.29, 1.82) is 0 Å². The van der Waals surface area contributed by atoms with Gasteiger partial charge in [-0.2, -0.15) is 11.3 Å². The predicted molar refractivity (Wildman–Crippen MR) is 59.4 cm³/mol. The second kappa shape index (κ2) is 4.91.